The third-order valence-corrected chi connectivity index (χ3v) is 3.36. The van der Waals surface area contributed by atoms with Gasteiger partial charge in [-0.1, -0.05) is 0 Å². The number of halogens is 1. The molecule has 0 aliphatic carbocycles. The van der Waals surface area contributed by atoms with Crippen molar-refractivity contribution in [2.24, 2.45) is 0 Å². The van der Waals surface area contributed by atoms with E-state index in [0.29, 0.717) is 15.8 Å². The van der Waals surface area contributed by atoms with Crippen LogP contribution in [-0.4, -0.2) is 29.1 Å². The van der Waals surface area contributed by atoms with Crippen LogP contribution in [0.1, 0.15) is 20.7 Å². The molecular weight excluding hydrogens is 340 g/mol. The average Bonchev–Trinajstić information content (AvgIpc) is 2.48. The summed E-state index contributed by atoms with van der Waals surface area (Å²) in [7, 11) is 1.51. The number of carbonyl (C=O) groups is 2. The number of hydrogen-bond acceptors (Lipinski definition) is 4. The second kappa shape index (κ2) is 6.36. The number of carboxylic acids is 1. The molecule has 0 aliphatic heterocycles. The van der Waals surface area contributed by atoms with E-state index in [0.717, 1.165) is 0 Å². The van der Waals surface area contributed by atoms with Gasteiger partial charge in [-0.15, -0.1) is 0 Å². The summed E-state index contributed by atoms with van der Waals surface area (Å²) in [6.45, 7) is 0. The van der Waals surface area contributed by atoms with E-state index in [4.69, 9.17) is 9.84 Å². The molecule has 1 aromatic heterocycles. The highest BCUT2D eigenvalue weighted by molar-refractivity contribution is 9.10. The minimum atomic E-state index is -1.07. The van der Waals surface area contributed by atoms with E-state index in [9.17, 15) is 9.59 Å². The first-order valence-electron chi connectivity index (χ1n) is 5.85. The Morgan fingerprint density at radius 1 is 1.29 bits per heavy atom. The molecule has 1 amide bonds. The Bertz CT molecular complexity index is 686. The van der Waals surface area contributed by atoms with E-state index in [1.54, 1.807) is 18.2 Å². The number of benzene rings is 1. The van der Waals surface area contributed by atoms with Gasteiger partial charge in [0.25, 0.3) is 5.91 Å². The van der Waals surface area contributed by atoms with E-state index in [1.165, 1.54) is 25.4 Å². The number of carboxylic acid groups (broad SMARTS) is 1. The summed E-state index contributed by atoms with van der Waals surface area (Å²) in [6, 6.07) is 7.81. The smallest absolute Gasteiger partial charge is 0.337 e. The van der Waals surface area contributed by atoms with Crippen LogP contribution in [0, 0.1) is 0 Å². The topological polar surface area (TPSA) is 88.5 Å². The highest BCUT2D eigenvalue weighted by Gasteiger charge is 2.12. The van der Waals surface area contributed by atoms with Crippen LogP contribution in [0.15, 0.2) is 41.0 Å². The zero-order chi connectivity index (χ0) is 15.4. The lowest BCUT2D eigenvalue weighted by atomic mass is 10.2. The molecule has 0 saturated heterocycles. The number of nitrogens with one attached hydrogen (secondary N) is 1. The van der Waals surface area contributed by atoms with Crippen LogP contribution in [0.3, 0.4) is 0 Å². The van der Waals surface area contributed by atoms with Gasteiger partial charge in [-0.3, -0.25) is 4.79 Å². The molecule has 108 valence electrons. The van der Waals surface area contributed by atoms with Gasteiger partial charge in [-0.25, -0.2) is 9.78 Å². The van der Waals surface area contributed by atoms with E-state index in [-0.39, 0.29) is 17.3 Å². The van der Waals surface area contributed by atoms with Crippen LogP contribution >= 0.6 is 15.9 Å². The Labute approximate surface area is 128 Å². The third kappa shape index (κ3) is 3.57. The van der Waals surface area contributed by atoms with Crippen molar-refractivity contribution < 1.29 is 19.4 Å². The van der Waals surface area contributed by atoms with Crippen LogP contribution < -0.4 is 10.1 Å². The minimum Gasteiger partial charge on any atom is -0.497 e. The molecule has 0 unspecified atom stereocenters. The standard InChI is InChI=1S/C14H11BrN2O4/c1-21-9-3-4-11(15)10(6-9)13(18)17-12-5-2-8(7-16-12)14(19)20/h2-7H,1H3,(H,19,20)(H,16,17,18). The number of methoxy groups -OCH3 is 1. The van der Waals surface area contributed by atoms with Gasteiger partial charge >= 0.3 is 5.97 Å². The SMILES string of the molecule is COc1ccc(Br)c(C(=O)Nc2ccc(C(=O)O)cn2)c1. The lowest BCUT2D eigenvalue weighted by molar-refractivity contribution is 0.0696. The minimum absolute atomic E-state index is 0.0514. The molecule has 2 N–H and O–H groups in total. The molecule has 0 atom stereocenters. The molecule has 7 heteroatoms. The molecule has 1 aromatic carbocycles. The molecule has 0 aliphatic rings. The Balaban J connectivity index is 2.19. The Hall–Kier alpha value is -2.41. The van der Waals surface area contributed by atoms with Gasteiger partial charge in [0, 0.05) is 10.7 Å². The average molecular weight is 351 g/mol. The van der Waals surface area contributed by atoms with Gasteiger partial charge in [0.1, 0.15) is 11.6 Å². The summed E-state index contributed by atoms with van der Waals surface area (Å²) in [5, 5.41) is 11.4. The van der Waals surface area contributed by atoms with Crippen LogP contribution in [0.4, 0.5) is 5.82 Å². The number of carbonyl (C=O) groups excluding carboxylic acids is 1. The number of aromatic nitrogens is 1. The van der Waals surface area contributed by atoms with Crippen molar-refractivity contribution in [1.82, 2.24) is 4.98 Å². The molecule has 2 aromatic rings. The number of nitrogens with zero attached hydrogens (tertiary/aromatic N) is 1. The Morgan fingerprint density at radius 3 is 2.62 bits per heavy atom. The Morgan fingerprint density at radius 2 is 2.05 bits per heavy atom. The first-order valence-corrected chi connectivity index (χ1v) is 6.65. The number of pyridine rings is 1. The van der Waals surface area contributed by atoms with Crippen molar-refractivity contribution in [3.63, 3.8) is 0 Å². The van der Waals surface area contributed by atoms with Crippen LogP contribution in [0.25, 0.3) is 0 Å². The Kier molecular flexibility index (Phi) is 4.54. The number of amides is 1. The quantitative estimate of drug-likeness (QED) is 0.884. The second-order valence-corrected chi connectivity index (χ2v) is 4.89. The summed E-state index contributed by atoms with van der Waals surface area (Å²) in [6.07, 6.45) is 1.18. The van der Waals surface area contributed by atoms with E-state index in [1.807, 2.05) is 0 Å². The lowest BCUT2D eigenvalue weighted by Gasteiger charge is -2.08. The van der Waals surface area contributed by atoms with Gasteiger partial charge in [0.15, 0.2) is 0 Å². The zero-order valence-electron chi connectivity index (χ0n) is 11.0. The predicted octanol–water partition coefficient (Wildman–Crippen LogP) is 2.80. The summed E-state index contributed by atoms with van der Waals surface area (Å²) in [4.78, 5) is 26.8. The van der Waals surface area contributed by atoms with Gasteiger partial charge in [-0.2, -0.15) is 0 Å². The van der Waals surface area contributed by atoms with Gasteiger partial charge < -0.3 is 15.2 Å². The van der Waals surface area contributed by atoms with E-state index in [2.05, 4.69) is 26.2 Å². The van der Waals surface area contributed by atoms with Crippen molar-refractivity contribution in [3.8, 4) is 5.75 Å². The van der Waals surface area contributed by atoms with Crippen molar-refractivity contribution in [2.75, 3.05) is 12.4 Å². The number of ether oxygens (including phenoxy) is 1. The number of anilines is 1. The summed E-state index contributed by atoms with van der Waals surface area (Å²) in [5.74, 6) is -0.635. The van der Waals surface area contributed by atoms with Crippen molar-refractivity contribution in [1.29, 1.82) is 0 Å². The second-order valence-electron chi connectivity index (χ2n) is 4.04. The van der Waals surface area contributed by atoms with Gasteiger partial charge in [0.05, 0.1) is 18.2 Å². The fraction of sp³-hybridized carbons (Fsp3) is 0.0714. The highest BCUT2D eigenvalue weighted by atomic mass is 79.9. The summed E-state index contributed by atoms with van der Waals surface area (Å²) >= 11 is 3.29. The molecule has 0 fully saturated rings. The molecule has 6 nitrogen and oxygen atoms in total. The van der Waals surface area contributed by atoms with Gasteiger partial charge in [0.2, 0.25) is 0 Å². The molecule has 0 radical (unpaired) electrons. The fourth-order valence-corrected chi connectivity index (χ4v) is 2.01. The van der Waals surface area contributed by atoms with E-state index < -0.39 is 5.97 Å². The highest BCUT2D eigenvalue weighted by Crippen LogP contribution is 2.23. The molecule has 0 spiro atoms. The molecular formula is C14H11BrN2O4. The monoisotopic (exact) mass is 350 g/mol. The summed E-state index contributed by atoms with van der Waals surface area (Å²) < 4.78 is 5.68. The number of aromatic carboxylic acids is 1. The molecule has 0 bridgehead atoms. The third-order valence-electron chi connectivity index (χ3n) is 2.67. The van der Waals surface area contributed by atoms with Crippen LogP contribution in [-0.2, 0) is 0 Å². The van der Waals surface area contributed by atoms with Crippen molar-refractivity contribution in [3.05, 3.63) is 52.1 Å². The first kappa shape index (κ1) is 15.0. The molecule has 1 heterocycles. The maximum Gasteiger partial charge on any atom is 0.337 e. The summed E-state index contributed by atoms with van der Waals surface area (Å²) in [5.41, 5.74) is 0.439. The van der Waals surface area contributed by atoms with Gasteiger partial charge in [-0.05, 0) is 46.3 Å². The molecule has 0 saturated carbocycles. The van der Waals surface area contributed by atoms with Crippen LogP contribution in [0.5, 0.6) is 5.75 Å². The normalized spacial score (nSPS) is 10.0. The number of hydrogen-bond donors (Lipinski definition) is 2. The fourth-order valence-electron chi connectivity index (χ4n) is 1.58. The van der Waals surface area contributed by atoms with Crippen molar-refractivity contribution in [2.45, 2.75) is 0 Å². The van der Waals surface area contributed by atoms with Crippen LogP contribution in [0.2, 0.25) is 0 Å². The van der Waals surface area contributed by atoms with E-state index >= 15 is 0 Å². The largest absolute Gasteiger partial charge is 0.497 e. The first-order chi connectivity index (χ1) is 10.0. The maximum atomic E-state index is 12.2. The van der Waals surface area contributed by atoms with Crippen molar-refractivity contribution >= 4 is 33.6 Å². The molecule has 21 heavy (non-hydrogen) atoms. The lowest BCUT2D eigenvalue weighted by Crippen LogP contribution is -2.14. The maximum absolute atomic E-state index is 12.2. The predicted molar refractivity (Wildman–Crippen MR) is 79.8 cm³/mol. The molecule has 2 rings (SSSR count). The number of rotatable bonds is 4. The zero-order valence-corrected chi connectivity index (χ0v) is 12.5.